The first-order valence-corrected chi connectivity index (χ1v) is 5.37. The zero-order valence-electron chi connectivity index (χ0n) is 8.12. The van der Waals surface area contributed by atoms with Crippen LogP contribution < -0.4 is 40.6 Å². The Kier molecular flexibility index (Phi) is 10.2. The molecular weight excluding hydrogens is 203 g/mol. The van der Waals surface area contributed by atoms with Crippen molar-refractivity contribution < 1.29 is 42.5 Å². The van der Waals surface area contributed by atoms with Crippen molar-refractivity contribution in [1.82, 2.24) is 5.32 Å². The first-order chi connectivity index (χ1) is 5.52. The molecule has 1 atom stereocenters. The van der Waals surface area contributed by atoms with Crippen molar-refractivity contribution in [3.05, 3.63) is 0 Å². The van der Waals surface area contributed by atoms with Crippen molar-refractivity contribution in [2.45, 2.75) is 25.1 Å². The molecule has 0 aliphatic rings. The van der Waals surface area contributed by atoms with Crippen LogP contribution in [0.1, 0.15) is 19.8 Å². The molecule has 0 heterocycles. The van der Waals surface area contributed by atoms with Crippen molar-refractivity contribution in [2.75, 3.05) is 13.1 Å². The van der Waals surface area contributed by atoms with Crippen molar-refractivity contribution in [3.63, 3.8) is 0 Å². The fraction of sp³-hybridized carbons (Fsp3) is 1.00. The molecule has 0 saturated heterocycles. The summed E-state index contributed by atoms with van der Waals surface area (Å²) < 4.78 is 31.7. The first-order valence-electron chi connectivity index (χ1n) is 3.90. The van der Waals surface area contributed by atoms with E-state index < -0.39 is 15.5 Å². The second kappa shape index (κ2) is 8.16. The van der Waals surface area contributed by atoms with E-state index in [9.17, 15) is 13.0 Å². The molecule has 5 nitrogen and oxygen atoms in total. The Morgan fingerprint density at radius 2 is 2.08 bits per heavy atom. The third-order valence-electron chi connectivity index (χ3n) is 1.42. The molecule has 0 aromatic rings. The Morgan fingerprint density at radius 3 is 2.38 bits per heavy atom. The Morgan fingerprint density at radius 1 is 1.54 bits per heavy atom. The van der Waals surface area contributed by atoms with Gasteiger partial charge in [-0.05, 0) is 6.42 Å². The quantitative estimate of drug-likeness (QED) is 0.352. The van der Waals surface area contributed by atoms with Gasteiger partial charge in [0.1, 0.15) is 10.1 Å². The van der Waals surface area contributed by atoms with Crippen molar-refractivity contribution in [2.24, 2.45) is 5.73 Å². The molecule has 3 N–H and O–H groups in total. The smallest absolute Gasteiger partial charge is 0.747 e. The predicted octanol–water partition coefficient (Wildman–Crippen LogP) is -3.79. The molecule has 0 aliphatic carbocycles. The van der Waals surface area contributed by atoms with E-state index in [1.54, 1.807) is 0 Å². The zero-order valence-corrected chi connectivity index (χ0v) is 10.9. The molecule has 13 heavy (non-hydrogen) atoms. The molecule has 0 radical (unpaired) electrons. The molecule has 0 saturated carbocycles. The summed E-state index contributed by atoms with van der Waals surface area (Å²) in [7, 11) is -4.22. The van der Waals surface area contributed by atoms with Gasteiger partial charge in [-0.25, -0.2) is 8.42 Å². The monoisotopic (exact) mass is 218 g/mol. The average molecular weight is 218 g/mol. The van der Waals surface area contributed by atoms with Gasteiger partial charge in [0.05, 0.1) is 5.37 Å². The summed E-state index contributed by atoms with van der Waals surface area (Å²) in [5, 5.41) is 1.60. The Balaban J connectivity index is 0. The minimum Gasteiger partial charge on any atom is -0.747 e. The summed E-state index contributed by atoms with van der Waals surface area (Å²) in [6.45, 7) is 2.50. The SMILES string of the molecule is CCCC(NCCN)S(=O)(=O)[O-].[Na+]. The van der Waals surface area contributed by atoms with Crippen LogP contribution in [0.25, 0.3) is 0 Å². The standard InChI is InChI=1S/C6H16N2O3S.Na/c1-2-3-6(8-5-4-7)12(9,10)11;/h6,8H,2-5,7H2,1H3,(H,9,10,11);/q;+1/p-1. The molecular formula is C6H15N2NaO3S. The van der Waals surface area contributed by atoms with E-state index in [4.69, 9.17) is 5.73 Å². The number of rotatable bonds is 6. The van der Waals surface area contributed by atoms with Crippen LogP contribution in [0.3, 0.4) is 0 Å². The molecule has 0 aromatic carbocycles. The van der Waals surface area contributed by atoms with Crippen LogP contribution >= 0.6 is 0 Å². The molecule has 0 aliphatic heterocycles. The summed E-state index contributed by atoms with van der Waals surface area (Å²) in [6, 6.07) is 0. The minimum absolute atomic E-state index is 0. The van der Waals surface area contributed by atoms with Crippen molar-refractivity contribution in [1.29, 1.82) is 0 Å². The first kappa shape index (κ1) is 16.3. The van der Waals surface area contributed by atoms with Gasteiger partial charge in [0.25, 0.3) is 0 Å². The Labute approximate surface area is 101 Å². The van der Waals surface area contributed by atoms with Crippen LogP contribution in [0.2, 0.25) is 0 Å². The van der Waals surface area contributed by atoms with Crippen molar-refractivity contribution in [3.8, 4) is 0 Å². The van der Waals surface area contributed by atoms with E-state index >= 15 is 0 Å². The molecule has 0 rings (SSSR count). The maximum Gasteiger partial charge on any atom is 1.00 e. The molecule has 0 bridgehead atoms. The number of nitrogens with two attached hydrogens (primary N) is 1. The normalized spacial score (nSPS) is 13.5. The molecule has 74 valence electrons. The molecule has 0 spiro atoms. The third kappa shape index (κ3) is 7.87. The summed E-state index contributed by atoms with van der Waals surface area (Å²) in [5.41, 5.74) is 5.16. The van der Waals surface area contributed by atoms with Gasteiger partial charge in [0.2, 0.25) is 0 Å². The van der Waals surface area contributed by atoms with Gasteiger partial charge in [-0.3, -0.25) is 0 Å². The number of hydrogen-bond donors (Lipinski definition) is 2. The second-order valence-corrected chi connectivity index (χ2v) is 4.07. The van der Waals surface area contributed by atoms with E-state index in [0.717, 1.165) is 0 Å². The van der Waals surface area contributed by atoms with Crippen LogP contribution in [0.5, 0.6) is 0 Å². The molecule has 0 aromatic heterocycles. The van der Waals surface area contributed by atoms with Crippen LogP contribution in [0, 0.1) is 0 Å². The summed E-state index contributed by atoms with van der Waals surface area (Å²) in [5.74, 6) is 0. The maximum absolute atomic E-state index is 10.6. The van der Waals surface area contributed by atoms with Gasteiger partial charge >= 0.3 is 29.6 Å². The van der Waals surface area contributed by atoms with Crippen LogP contribution in [-0.2, 0) is 10.1 Å². The summed E-state index contributed by atoms with van der Waals surface area (Å²) in [4.78, 5) is 0. The molecule has 0 amide bonds. The fourth-order valence-electron chi connectivity index (χ4n) is 0.855. The topological polar surface area (TPSA) is 95.2 Å². The van der Waals surface area contributed by atoms with Gasteiger partial charge in [-0.15, -0.1) is 0 Å². The van der Waals surface area contributed by atoms with Crippen LogP contribution in [-0.4, -0.2) is 31.4 Å². The maximum atomic E-state index is 10.6. The van der Waals surface area contributed by atoms with Gasteiger partial charge in [0, 0.05) is 13.1 Å². The van der Waals surface area contributed by atoms with E-state index in [0.29, 0.717) is 25.9 Å². The van der Waals surface area contributed by atoms with E-state index in [2.05, 4.69) is 5.32 Å². The second-order valence-electron chi connectivity index (χ2n) is 2.51. The average Bonchev–Trinajstić information content (AvgIpc) is 1.95. The fourth-order valence-corrected chi connectivity index (χ4v) is 1.70. The number of nitrogens with one attached hydrogen (secondary N) is 1. The Bertz CT molecular complexity index is 208. The van der Waals surface area contributed by atoms with E-state index in [1.807, 2.05) is 6.92 Å². The molecule has 7 heteroatoms. The van der Waals surface area contributed by atoms with Gasteiger partial charge < -0.3 is 15.6 Å². The van der Waals surface area contributed by atoms with E-state index in [1.165, 1.54) is 0 Å². The minimum atomic E-state index is -4.22. The van der Waals surface area contributed by atoms with E-state index in [-0.39, 0.29) is 29.6 Å². The largest absolute Gasteiger partial charge is 1.00 e. The van der Waals surface area contributed by atoms with Crippen molar-refractivity contribution >= 4 is 10.1 Å². The third-order valence-corrected chi connectivity index (χ3v) is 2.51. The van der Waals surface area contributed by atoms with Gasteiger partial charge in [-0.2, -0.15) is 0 Å². The van der Waals surface area contributed by atoms with Crippen LogP contribution in [0.15, 0.2) is 0 Å². The number of hydrogen-bond acceptors (Lipinski definition) is 5. The Hall–Kier alpha value is 0.830. The summed E-state index contributed by atoms with van der Waals surface area (Å²) >= 11 is 0. The molecule has 0 fully saturated rings. The van der Waals surface area contributed by atoms with Gasteiger partial charge in [-0.1, -0.05) is 13.3 Å². The predicted molar refractivity (Wildman–Crippen MR) is 45.5 cm³/mol. The molecule has 1 unspecified atom stereocenters. The van der Waals surface area contributed by atoms with Crippen LogP contribution in [0.4, 0.5) is 0 Å². The summed E-state index contributed by atoms with van der Waals surface area (Å²) in [6.07, 6.45) is 0.996. The van der Waals surface area contributed by atoms with Gasteiger partial charge in [0.15, 0.2) is 0 Å². The zero-order chi connectivity index (χ0) is 9.61.